The van der Waals surface area contributed by atoms with E-state index in [9.17, 15) is 0 Å². The molecular weight excluding hydrogens is 266 g/mol. The molecule has 106 valence electrons. The van der Waals surface area contributed by atoms with Gasteiger partial charge < -0.3 is 10.1 Å². The average molecular weight is 287 g/mol. The lowest BCUT2D eigenvalue weighted by atomic mass is 10.2. The molecule has 0 atom stereocenters. The molecule has 0 bridgehead atoms. The first kappa shape index (κ1) is 14.9. The Hall–Kier alpha value is -1.45. The Bertz CT molecular complexity index is 542. The summed E-state index contributed by atoms with van der Waals surface area (Å²) in [7, 11) is 1.70. The van der Waals surface area contributed by atoms with Gasteiger partial charge >= 0.3 is 0 Å². The molecule has 1 N–H and O–H groups in total. The first-order chi connectivity index (χ1) is 9.83. The highest BCUT2D eigenvalue weighted by Gasteiger charge is 2.04. The van der Waals surface area contributed by atoms with Crippen LogP contribution in [0.2, 0.25) is 0 Å². The van der Waals surface area contributed by atoms with Gasteiger partial charge in [-0.2, -0.15) is 0 Å². The maximum absolute atomic E-state index is 5.28. The number of rotatable bonds is 7. The minimum absolute atomic E-state index is 0.900. The van der Waals surface area contributed by atoms with Gasteiger partial charge in [-0.15, -0.1) is 0 Å². The molecule has 0 aliphatic carbocycles. The summed E-state index contributed by atoms with van der Waals surface area (Å²) in [5.41, 5.74) is 1.34. The van der Waals surface area contributed by atoms with E-state index in [0.717, 1.165) is 25.3 Å². The maximum Gasteiger partial charge on any atom is 0.119 e. The second-order valence-corrected chi connectivity index (χ2v) is 5.68. The van der Waals surface area contributed by atoms with Crippen LogP contribution in [0.15, 0.2) is 58.3 Å². The summed E-state index contributed by atoms with van der Waals surface area (Å²) in [6.07, 6.45) is 1.16. The van der Waals surface area contributed by atoms with Gasteiger partial charge in [0.2, 0.25) is 0 Å². The van der Waals surface area contributed by atoms with Crippen LogP contribution in [0.1, 0.15) is 18.9 Å². The molecule has 0 radical (unpaired) electrons. The molecule has 0 saturated carbocycles. The van der Waals surface area contributed by atoms with Crippen LogP contribution in [-0.4, -0.2) is 13.7 Å². The molecular formula is C17H21NOS. The summed E-state index contributed by atoms with van der Waals surface area (Å²) in [4.78, 5) is 2.50. The molecule has 2 nitrogen and oxygen atoms in total. The highest BCUT2D eigenvalue weighted by molar-refractivity contribution is 7.99. The second-order valence-electron chi connectivity index (χ2n) is 4.57. The third-order valence-corrected chi connectivity index (χ3v) is 4.09. The van der Waals surface area contributed by atoms with Crippen molar-refractivity contribution in [2.45, 2.75) is 29.7 Å². The smallest absolute Gasteiger partial charge is 0.119 e. The molecule has 2 rings (SSSR count). The van der Waals surface area contributed by atoms with E-state index >= 15 is 0 Å². The van der Waals surface area contributed by atoms with Crippen molar-refractivity contribution in [3.8, 4) is 5.75 Å². The Kier molecular flexibility index (Phi) is 5.96. The largest absolute Gasteiger partial charge is 0.497 e. The van der Waals surface area contributed by atoms with Crippen molar-refractivity contribution in [2.24, 2.45) is 0 Å². The van der Waals surface area contributed by atoms with Crippen molar-refractivity contribution < 1.29 is 4.74 Å². The third kappa shape index (κ3) is 4.29. The van der Waals surface area contributed by atoms with Gasteiger partial charge in [-0.25, -0.2) is 0 Å². The standard InChI is InChI=1S/C17H21NOS/c1-3-11-18-13-14-7-4-5-10-17(14)20-16-9-6-8-15(12-16)19-2/h4-10,12,18H,3,11,13H2,1-2H3. The highest BCUT2D eigenvalue weighted by Crippen LogP contribution is 2.32. The number of methoxy groups -OCH3 is 1. The molecule has 20 heavy (non-hydrogen) atoms. The van der Waals surface area contributed by atoms with Crippen molar-refractivity contribution in [2.75, 3.05) is 13.7 Å². The lowest BCUT2D eigenvalue weighted by Crippen LogP contribution is -2.14. The Labute approximate surface area is 125 Å². The quantitative estimate of drug-likeness (QED) is 0.765. The number of hydrogen-bond acceptors (Lipinski definition) is 3. The monoisotopic (exact) mass is 287 g/mol. The Morgan fingerprint density at radius 1 is 1.10 bits per heavy atom. The van der Waals surface area contributed by atoms with Gasteiger partial charge in [0.15, 0.2) is 0 Å². The fourth-order valence-electron chi connectivity index (χ4n) is 1.94. The van der Waals surface area contributed by atoms with Crippen molar-refractivity contribution in [3.63, 3.8) is 0 Å². The number of benzene rings is 2. The first-order valence-electron chi connectivity index (χ1n) is 6.94. The van der Waals surface area contributed by atoms with E-state index in [1.54, 1.807) is 18.9 Å². The van der Waals surface area contributed by atoms with Crippen LogP contribution in [0.5, 0.6) is 5.75 Å². The van der Waals surface area contributed by atoms with Crippen LogP contribution in [-0.2, 0) is 6.54 Å². The van der Waals surface area contributed by atoms with Crippen molar-refractivity contribution >= 4 is 11.8 Å². The minimum atomic E-state index is 0.900. The Balaban J connectivity index is 2.11. The zero-order chi connectivity index (χ0) is 14.2. The van der Waals surface area contributed by atoms with Crippen molar-refractivity contribution in [1.29, 1.82) is 0 Å². The average Bonchev–Trinajstić information content (AvgIpc) is 2.49. The fraction of sp³-hybridized carbons (Fsp3) is 0.294. The number of ether oxygens (including phenoxy) is 1. The van der Waals surface area contributed by atoms with Crippen molar-refractivity contribution in [3.05, 3.63) is 54.1 Å². The number of nitrogens with one attached hydrogen (secondary N) is 1. The lowest BCUT2D eigenvalue weighted by molar-refractivity contribution is 0.413. The number of hydrogen-bond donors (Lipinski definition) is 1. The summed E-state index contributed by atoms with van der Waals surface area (Å²) >= 11 is 1.78. The summed E-state index contributed by atoms with van der Waals surface area (Å²) in [5.74, 6) is 0.900. The van der Waals surface area contributed by atoms with E-state index in [1.807, 2.05) is 12.1 Å². The molecule has 0 aliphatic heterocycles. The predicted molar refractivity (Wildman–Crippen MR) is 85.6 cm³/mol. The topological polar surface area (TPSA) is 21.3 Å². The molecule has 0 fully saturated rings. The van der Waals surface area contributed by atoms with Crippen molar-refractivity contribution in [1.82, 2.24) is 5.32 Å². The molecule has 0 aromatic heterocycles. The van der Waals surface area contributed by atoms with E-state index in [4.69, 9.17) is 4.74 Å². The zero-order valence-electron chi connectivity index (χ0n) is 12.1. The second kappa shape index (κ2) is 7.98. The van der Waals surface area contributed by atoms with E-state index in [1.165, 1.54) is 15.4 Å². The normalized spacial score (nSPS) is 10.5. The molecule has 0 spiro atoms. The summed E-state index contributed by atoms with van der Waals surface area (Å²) in [6, 6.07) is 16.7. The van der Waals surface area contributed by atoms with Gasteiger partial charge in [0.05, 0.1) is 7.11 Å². The van der Waals surface area contributed by atoms with Gasteiger partial charge in [-0.05, 0) is 42.8 Å². The summed E-state index contributed by atoms with van der Waals surface area (Å²) in [6.45, 7) is 4.16. The minimum Gasteiger partial charge on any atom is -0.497 e. The first-order valence-corrected chi connectivity index (χ1v) is 7.75. The Morgan fingerprint density at radius 3 is 2.75 bits per heavy atom. The van der Waals surface area contributed by atoms with E-state index in [0.29, 0.717) is 0 Å². The van der Waals surface area contributed by atoms with E-state index in [2.05, 4.69) is 48.6 Å². The molecule has 3 heteroatoms. The molecule has 2 aromatic rings. The van der Waals surface area contributed by atoms with Gasteiger partial charge in [0, 0.05) is 16.3 Å². The fourth-order valence-corrected chi connectivity index (χ4v) is 2.93. The van der Waals surface area contributed by atoms with Crippen LogP contribution in [0.4, 0.5) is 0 Å². The summed E-state index contributed by atoms with van der Waals surface area (Å²) in [5, 5.41) is 3.46. The molecule has 2 aromatic carbocycles. The maximum atomic E-state index is 5.28. The predicted octanol–water partition coefficient (Wildman–Crippen LogP) is 4.35. The van der Waals surface area contributed by atoms with Gasteiger partial charge in [-0.3, -0.25) is 0 Å². The van der Waals surface area contributed by atoms with Gasteiger partial charge in [0.1, 0.15) is 5.75 Å². The lowest BCUT2D eigenvalue weighted by Gasteiger charge is -2.10. The SMILES string of the molecule is CCCNCc1ccccc1Sc1cccc(OC)c1. The van der Waals surface area contributed by atoms with Crippen LogP contribution in [0, 0.1) is 0 Å². The molecule has 0 saturated heterocycles. The highest BCUT2D eigenvalue weighted by atomic mass is 32.2. The van der Waals surface area contributed by atoms with Gasteiger partial charge in [0.25, 0.3) is 0 Å². The van der Waals surface area contributed by atoms with Gasteiger partial charge in [-0.1, -0.05) is 43.0 Å². The molecule has 0 aliphatic rings. The zero-order valence-corrected chi connectivity index (χ0v) is 12.9. The molecule has 0 heterocycles. The molecule has 0 amide bonds. The van der Waals surface area contributed by atoms with Crippen LogP contribution >= 0.6 is 11.8 Å². The van der Waals surface area contributed by atoms with Crippen LogP contribution in [0.3, 0.4) is 0 Å². The van der Waals surface area contributed by atoms with Crippen LogP contribution in [0.25, 0.3) is 0 Å². The third-order valence-electron chi connectivity index (χ3n) is 2.98. The summed E-state index contributed by atoms with van der Waals surface area (Å²) < 4.78 is 5.28. The molecule has 0 unspecified atom stereocenters. The van der Waals surface area contributed by atoms with E-state index in [-0.39, 0.29) is 0 Å². The Morgan fingerprint density at radius 2 is 1.95 bits per heavy atom. The van der Waals surface area contributed by atoms with E-state index < -0.39 is 0 Å². The van der Waals surface area contributed by atoms with Crippen LogP contribution < -0.4 is 10.1 Å².